The van der Waals surface area contributed by atoms with Gasteiger partial charge in [-0.15, -0.1) is 10.2 Å². The normalized spacial score (nSPS) is 11.6. The number of nitrogens with one attached hydrogen (secondary N) is 2. The van der Waals surface area contributed by atoms with Gasteiger partial charge in [-0.3, -0.25) is 14.9 Å². The molecule has 1 unspecified atom stereocenters. The topological polar surface area (TPSA) is 97.1 Å². The second kappa shape index (κ2) is 9.55. The van der Waals surface area contributed by atoms with Gasteiger partial charge in [0.25, 0.3) is 5.91 Å². The Labute approximate surface area is 187 Å². The number of hydrogen-bond donors (Lipinski definition) is 2. The van der Waals surface area contributed by atoms with E-state index in [-0.39, 0.29) is 5.76 Å². The Hall–Kier alpha value is -3.49. The third kappa shape index (κ3) is 5.36. The molecular formula is C22H17ClN4O3S. The molecule has 0 bridgehead atoms. The number of anilines is 1. The minimum atomic E-state index is -0.831. The van der Waals surface area contributed by atoms with Crippen LogP contribution in [0.2, 0.25) is 5.02 Å². The first kappa shape index (κ1) is 20.8. The van der Waals surface area contributed by atoms with Gasteiger partial charge in [0.2, 0.25) is 11.0 Å². The van der Waals surface area contributed by atoms with Crippen molar-refractivity contribution in [3.05, 3.63) is 89.3 Å². The smallest absolute Gasteiger partial charge is 0.287 e. The van der Waals surface area contributed by atoms with Crippen molar-refractivity contribution in [1.82, 2.24) is 15.5 Å². The lowest BCUT2D eigenvalue weighted by Crippen LogP contribution is -2.45. The van der Waals surface area contributed by atoms with Crippen molar-refractivity contribution < 1.29 is 14.0 Å². The molecule has 0 aliphatic rings. The van der Waals surface area contributed by atoms with E-state index in [0.29, 0.717) is 21.6 Å². The Morgan fingerprint density at radius 3 is 2.48 bits per heavy atom. The molecule has 4 aromatic rings. The number of amides is 2. The van der Waals surface area contributed by atoms with Crippen molar-refractivity contribution in [3.8, 4) is 10.6 Å². The fraction of sp³-hybridized carbons (Fsp3) is 0.0909. The lowest BCUT2D eigenvalue weighted by Gasteiger charge is -2.17. The fourth-order valence-corrected chi connectivity index (χ4v) is 3.75. The first-order valence-corrected chi connectivity index (χ1v) is 10.6. The molecule has 0 spiro atoms. The summed E-state index contributed by atoms with van der Waals surface area (Å²) in [5, 5.41) is 15.2. The molecule has 0 aliphatic heterocycles. The quantitative estimate of drug-likeness (QED) is 0.432. The summed E-state index contributed by atoms with van der Waals surface area (Å²) in [5.41, 5.74) is 1.75. The molecule has 0 saturated carbocycles. The highest BCUT2D eigenvalue weighted by atomic mass is 35.5. The van der Waals surface area contributed by atoms with E-state index in [4.69, 9.17) is 16.0 Å². The first-order chi connectivity index (χ1) is 15.1. The van der Waals surface area contributed by atoms with Crippen molar-refractivity contribution in [2.75, 3.05) is 5.32 Å². The largest absolute Gasteiger partial charge is 0.459 e. The van der Waals surface area contributed by atoms with Crippen LogP contribution in [-0.4, -0.2) is 28.1 Å². The summed E-state index contributed by atoms with van der Waals surface area (Å²) >= 11 is 7.15. The molecule has 1 atom stereocenters. The van der Waals surface area contributed by atoms with Crippen LogP contribution in [0.15, 0.2) is 77.4 Å². The summed E-state index contributed by atoms with van der Waals surface area (Å²) < 4.78 is 5.13. The molecule has 2 aromatic heterocycles. The zero-order chi connectivity index (χ0) is 21.6. The predicted molar refractivity (Wildman–Crippen MR) is 119 cm³/mol. The maximum Gasteiger partial charge on any atom is 0.287 e. The van der Waals surface area contributed by atoms with Gasteiger partial charge in [0.1, 0.15) is 11.0 Å². The van der Waals surface area contributed by atoms with Crippen molar-refractivity contribution in [1.29, 1.82) is 0 Å². The van der Waals surface area contributed by atoms with Crippen LogP contribution in [-0.2, 0) is 11.2 Å². The van der Waals surface area contributed by atoms with Gasteiger partial charge < -0.3 is 9.73 Å². The highest BCUT2D eigenvalue weighted by Gasteiger charge is 2.24. The van der Waals surface area contributed by atoms with Gasteiger partial charge >= 0.3 is 0 Å². The summed E-state index contributed by atoms with van der Waals surface area (Å²) in [6, 6.07) is 18.9. The van der Waals surface area contributed by atoms with Gasteiger partial charge in [-0.25, -0.2) is 0 Å². The molecule has 0 fully saturated rings. The van der Waals surface area contributed by atoms with E-state index >= 15 is 0 Å². The van der Waals surface area contributed by atoms with E-state index < -0.39 is 17.9 Å². The monoisotopic (exact) mass is 452 g/mol. The zero-order valence-electron chi connectivity index (χ0n) is 16.1. The standard InChI is InChI=1S/C22H17ClN4O3S/c23-16-10-8-15(9-11-16)21-26-27-22(31-21)25-19(28)17(13-14-5-2-1-3-6-14)24-20(29)18-7-4-12-30-18/h1-12,17H,13H2,(H,24,29)(H,25,27,28). The lowest BCUT2D eigenvalue weighted by atomic mass is 10.1. The van der Waals surface area contributed by atoms with Gasteiger partial charge in [-0.2, -0.15) is 0 Å². The van der Waals surface area contributed by atoms with Crippen molar-refractivity contribution >= 4 is 39.9 Å². The predicted octanol–water partition coefficient (Wildman–Crippen LogP) is 4.43. The minimum Gasteiger partial charge on any atom is -0.459 e. The maximum atomic E-state index is 13.0. The van der Waals surface area contributed by atoms with Crippen LogP contribution in [0.3, 0.4) is 0 Å². The molecule has 0 radical (unpaired) electrons. The molecule has 2 amide bonds. The number of carbonyl (C=O) groups excluding carboxylic acids is 2. The number of rotatable bonds is 7. The lowest BCUT2D eigenvalue weighted by molar-refractivity contribution is -0.118. The van der Waals surface area contributed by atoms with Crippen molar-refractivity contribution in [3.63, 3.8) is 0 Å². The molecule has 2 heterocycles. The molecule has 9 heteroatoms. The third-order valence-corrected chi connectivity index (χ3v) is 5.54. The third-order valence-electron chi connectivity index (χ3n) is 4.40. The van der Waals surface area contributed by atoms with E-state index in [9.17, 15) is 9.59 Å². The van der Waals surface area contributed by atoms with Crippen LogP contribution in [0.5, 0.6) is 0 Å². The van der Waals surface area contributed by atoms with Gasteiger partial charge in [-0.05, 0) is 29.8 Å². The number of halogens is 1. The zero-order valence-corrected chi connectivity index (χ0v) is 17.7. The second-order valence-corrected chi connectivity index (χ2v) is 8.02. The van der Waals surface area contributed by atoms with E-state index in [2.05, 4.69) is 20.8 Å². The number of aromatic nitrogens is 2. The van der Waals surface area contributed by atoms with Crippen LogP contribution in [0.4, 0.5) is 5.13 Å². The molecule has 2 N–H and O–H groups in total. The molecule has 31 heavy (non-hydrogen) atoms. The van der Waals surface area contributed by atoms with Crippen molar-refractivity contribution in [2.24, 2.45) is 0 Å². The van der Waals surface area contributed by atoms with Gasteiger partial charge in [0.05, 0.1) is 6.26 Å². The van der Waals surface area contributed by atoms with Gasteiger partial charge in [0, 0.05) is 17.0 Å². The van der Waals surface area contributed by atoms with Gasteiger partial charge in [0.15, 0.2) is 5.76 Å². The fourth-order valence-electron chi connectivity index (χ4n) is 2.87. The number of nitrogens with zero attached hydrogens (tertiary/aromatic N) is 2. The summed E-state index contributed by atoms with van der Waals surface area (Å²) in [6.45, 7) is 0. The molecule has 4 rings (SSSR count). The highest BCUT2D eigenvalue weighted by molar-refractivity contribution is 7.18. The molecular weight excluding hydrogens is 436 g/mol. The molecule has 156 valence electrons. The molecule has 2 aromatic carbocycles. The number of benzene rings is 2. The highest BCUT2D eigenvalue weighted by Crippen LogP contribution is 2.27. The summed E-state index contributed by atoms with van der Waals surface area (Å²) in [4.78, 5) is 25.4. The van der Waals surface area contributed by atoms with E-state index in [0.717, 1.165) is 11.1 Å². The number of carbonyl (C=O) groups is 2. The summed E-state index contributed by atoms with van der Waals surface area (Å²) in [5.74, 6) is -0.741. The van der Waals surface area contributed by atoms with E-state index in [1.165, 1.54) is 23.7 Å². The second-order valence-electron chi connectivity index (χ2n) is 6.60. The Bertz CT molecular complexity index is 1160. The first-order valence-electron chi connectivity index (χ1n) is 9.37. The van der Waals surface area contributed by atoms with Crippen LogP contribution in [0.1, 0.15) is 16.1 Å². The van der Waals surface area contributed by atoms with E-state index in [1.54, 1.807) is 18.2 Å². The van der Waals surface area contributed by atoms with Crippen LogP contribution in [0.25, 0.3) is 10.6 Å². The van der Waals surface area contributed by atoms with Gasteiger partial charge in [-0.1, -0.05) is 65.4 Å². The number of furan rings is 1. The van der Waals surface area contributed by atoms with Crippen LogP contribution >= 0.6 is 22.9 Å². The molecule has 7 nitrogen and oxygen atoms in total. The maximum absolute atomic E-state index is 13.0. The Morgan fingerprint density at radius 1 is 1.00 bits per heavy atom. The SMILES string of the molecule is O=C(NC(Cc1ccccc1)C(=O)Nc1nnc(-c2ccc(Cl)cc2)s1)c1ccco1. The average molecular weight is 453 g/mol. The van der Waals surface area contributed by atoms with Crippen molar-refractivity contribution in [2.45, 2.75) is 12.5 Å². The van der Waals surface area contributed by atoms with Crippen LogP contribution in [0, 0.1) is 0 Å². The Kier molecular flexibility index (Phi) is 6.40. The van der Waals surface area contributed by atoms with Crippen LogP contribution < -0.4 is 10.6 Å². The molecule has 0 saturated heterocycles. The summed E-state index contributed by atoms with van der Waals surface area (Å²) in [6.07, 6.45) is 1.71. The average Bonchev–Trinajstić information content (AvgIpc) is 3.47. The Morgan fingerprint density at radius 2 is 1.77 bits per heavy atom. The Balaban J connectivity index is 1.50. The minimum absolute atomic E-state index is 0.131. The summed E-state index contributed by atoms with van der Waals surface area (Å²) in [7, 11) is 0. The number of hydrogen-bond acceptors (Lipinski definition) is 6. The molecule has 0 aliphatic carbocycles. The van der Waals surface area contributed by atoms with E-state index in [1.807, 2.05) is 42.5 Å².